The van der Waals surface area contributed by atoms with Gasteiger partial charge in [-0.1, -0.05) is 17.7 Å². The van der Waals surface area contributed by atoms with E-state index in [9.17, 15) is 10.1 Å². The predicted octanol–water partition coefficient (Wildman–Crippen LogP) is 4.84. The van der Waals surface area contributed by atoms with Gasteiger partial charge in [0, 0.05) is 6.04 Å². The van der Waals surface area contributed by atoms with Gasteiger partial charge >= 0.3 is 0 Å². The molecule has 0 saturated carbocycles. The van der Waals surface area contributed by atoms with Gasteiger partial charge in [0.05, 0.1) is 9.50 Å². The number of ether oxygens (including phenoxy) is 3. The van der Waals surface area contributed by atoms with Crippen LogP contribution >= 0.6 is 27.5 Å². The highest BCUT2D eigenvalue weighted by Gasteiger charge is 2.15. The maximum Gasteiger partial charge on any atom is 0.262 e. The first-order valence-electron chi connectivity index (χ1n) is 8.80. The minimum Gasteiger partial charge on any atom is -0.486 e. The van der Waals surface area contributed by atoms with Crippen molar-refractivity contribution in [1.29, 1.82) is 5.26 Å². The van der Waals surface area contributed by atoms with Crippen LogP contribution in [0.3, 0.4) is 0 Å². The quantitative estimate of drug-likeness (QED) is 0.475. The number of fused-ring (bicyclic) bond motifs is 1. The molecule has 0 radical (unpaired) electrons. The molecule has 0 bridgehead atoms. The molecule has 0 unspecified atom stereocenters. The van der Waals surface area contributed by atoms with E-state index in [1.807, 2.05) is 38.1 Å². The number of hydrogen-bond acceptors (Lipinski definition) is 5. The topological polar surface area (TPSA) is 80.6 Å². The molecule has 2 aromatic carbocycles. The monoisotopic (exact) mass is 476 g/mol. The number of hydrogen-bond donors (Lipinski definition) is 1. The van der Waals surface area contributed by atoms with E-state index in [4.69, 9.17) is 25.8 Å². The minimum atomic E-state index is -0.433. The molecule has 1 aliphatic heterocycles. The number of halogens is 2. The summed E-state index contributed by atoms with van der Waals surface area (Å²) >= 11 is 9.82. The standard InChI is InChI=1S/C21H18BrClN2O4/c1-12(2)25-21(26)15(9-24)5-14-6-16(22)20(17(23)7-14)27-10-13-3-4-18-19(8-13)29-11-28-18/h3-8,12H,10-11H2,1-2H3,(H,25,26)/b15-5-. The SMILES string of the molecule is CC(C)NC(=O)/C(C#N)=C\c1cc(Cl)c(OCc2ccc3c(c2)OCO3)c(Br)c1. The van der Waals surface area contributed by atoms with Crippen molar-refractivity contribution in [2.45, 2.75) is 26.5 Å². The summed E-state index contributed by atoms with van der Waals surface area (Å²) in [5.74, 6) is 1.42. The third kappa shape index (κ3) is 5.22. The lowest BCUT2D eigenvalue weighted by Gasteiger charge is -2.12. The molecule has 2 aromatic rings. The van der Waals surface area contributed by atoms with Crippen molar-refractivity contribution in [3.8, 4) is 23.3 Å². The van der Waals surface area contributed by atoms with Crippen molar-refractivity contribution in [3.63, 3.8) is 0 Å². The summed E-state index contributed by atoms with van der Waals surface area (Å²) in [5, 5.41) is 12.3. The largest absolute Gasteiger partial charge is 0.486 e. The van der Waals surface area contributed by atoms with Gasteiger partial charge in [-0.15, -0.1) is 0 Å². The normalized spacial score (nSPS) is 12.6. The number of nitrogens with one attached hydrogen (secondary N) is 1. The molecule has 29 heavy (non-hydrogen) atoms. The average Bonchev–Trinajstić information content (AvgIpc) is 3.12. The smallest absolute Gasteiger partial charge is 0.262 e. The van der Waals surface area contributed by atoms with Gasteiger partial charge in [-0.05, 0) is 71.2 Å². The summed E-state index contributed by atoms with van der Waals surface area (Å²) in [6, 6.07) is 10.8. The van der Waals surface area contributed by atoms with Crippen molar-refractivity contribution in [2.75, 3.05) is 6.79 Å². The molecule has 1 heterocycles. The van der Waals surface area contributed by atoms with E-state index >= 15 is 0 Å². The Hall–Kier alpha value is -2.69. The number of benzene rings is 2. The number of carbonyl (C=O) groups excluding carboxylic acids is 1. The fourth-order valence-electron chi connectivity index (χ4n) is 2.64. The highest BCUT2D eigenvalue weighted by atomic mass is 79.9. The minimum absolute atomic E-state index is 0.00399. The van der Waals surface area contributed by atoms with E-state index in [1.165, 1.54) is 6.08 Å². The molecule has 0 atom stereocenters. The van der Waals surface area contributed by atoms with Crippen LogP contribution in [0.15, 0.2) is 40.4 Å². The van der Waals surface area contributed by atoms with Crippen LogP contribution in [0.25, 0.3) is 6.08 Å². The van der Waals surface area contributed by atoms with E-state index in [0.29, 0.717) is 32.3 Å². The lowest BCUT2D eigenvalue weighted by molar-refractivity contribution is -0.117. The maximum absolute atomic E-state index is 12.1. The summed E-state index contributed by atoms with van der Waals surface area (Å²) in [5.41, 5.74) is 1.50. The molecule has 8 heteroatoms. The van der Waals surface area contributed by atoms with Crippen LogP contribution in [0.2, 0.25) is 5.02 Å². The third-order valence-electron chi connectivity index (χ3n) is 3.94. The Morgan fingerprint density at radius 3 is 2.79 bits per heavy atom. The summed E-state index contributed by atoms with van der Waals surface area (Å²) in [6.07, 6.45) is 1.48. The van der Waals surface area contributed by atoms with E-state index in [1.54, 1.807) is 12.1 Å². The van der Waals surface area contributed by atoms with E-state index < -0.39 is 5.91 Å². The number of rotatable bonds is 6. The van der Waals surface area contributed by atoms with Crippen molar-refractivity contribution in [1.82, 2.24) is 5.32 Å². The van der Waals surface area contributed by atoms with Gasteiger partial charge in [-0.25, -0.2) is 0 Å². The Morgan fingerprint density at radius 2 is 2.10 bits per heavy atom. The zero-order chi connectivity index (χ0) is 21.0. The molecule has 6 nitrogen and oxygen atoms in total. The Balaban J connectivity index is 1.76. The molecular weight excluding hydrogens is 460 g/mol. The number of amides is 1. The molecule has 0 aliphatic carbocycles. The highest BCUT2D eigenvalue weighted by molar-refractivity contribution is 9.10. The first-order valence-corrected chi connectivity index (χ1v) is 9.97. The molecular formula is C21H18BrClN2O4. The molecule has 3 rings (SSSR count). The van der Waals surface area contributed by atoms with E-state index in [0.717, 1.165) is 5.56 Å². The molecule has 0 aromatic heterocycles. The number of nitrogens with zero attached hydrogens (tertiary/aromatic N) is 1. The predicted molar refractivity (Wildman–Crippen MR) is 113 cm³/mol. The van der Waals surface area contributed by atoms with Crippen LogP contribution in [0.1, 0.15) is 25.0 Å². The maximum atomic E-state index is 12.1. The van der Waals surface area contributed by atoms with Crippen LogP contribution in [-0.2, 0) is 11.4 Å². The highest BCUT2D eigenvalue weighted by Crippen LogP contribution is 2.37. The average molecular weight is 478 g/mol. The molecule has 0 saturated heterocycles. The van der Waals surface area contributed by atoms with Gasteiger partial charge in [0.25, 0.3) is 5.91 Å². The van der Waals surface area contributed by atoms with E-state index in [2.05, 4.69) is 21.2 Å². The third-order valence-corrected chi connectivity index (χ3v) is 4.81. The second-order valence-electron chi connectivity index (χ2n) is 6.59. The summed E-state index contributed by atoms with van der Waals surface area (Å²) in [4.78, 5) is 12.1. The van der Waals surface area contributed by atoms with Gasteiger partial charge in [-0.2, -0.15) is 5.26 Å². The second-order valence-corrected chi connectivity index (χ2v) is 7.85. The summed E-state index contributed by atoms with van der Waals surface area (Å²) < 4.78 is 17.1. The Kier molecular flexibility index (Phi) is 6.68. The lowest BCUT2D eigenvalue weighted by Crippen LogP contribution is -2.30. The number of nitriles is 1. The van der Waals surface area contributed by atoms with Crippen LogP contribution in [0, 0.1) is 11.3 Å². The fraction of sp³-hybridized carbons (Fsp3) is 0.238. The van der Waals surface area contributed by atoms with Gasteiger partial charge in [0.15, 0.2) is 17.2 Å². The Labute approximate surface area is 182 Å². The Morgan fingerprint density at radius 1 is 1.34 bits per heavy atom. The van der Waals surface area contributed by atoms with Crippen molar-refractivity contribution in [3.05, 3.63) is 56.5 Å². The van der Waals surface area contributed by atoms with Crippen LogP contribution in [-0.4, -0.2) is 18.7 Å². The molecule has 150 valence electrons. The second kappa shape index (κ2) is 9.21. The number of carbonyl (C=O) groups is 1. The van der Waals surface area contributed by atoms with Crippen molar-refractivity contribution in [2.24, 2.45) is 0 Å². The van der Waals surface area contributed by atoms with Gasteiger partial charge in [0.1, 0.15) is 18.2 Å². The Bertz CT molecular complexity index is 991. The molecule has 1 N–H and O–H groups in total. The summed E-state index contributed by atoms with van der Waals surface area (Å²) in [7, 11) is 0. The fourth-order valence-corrected chi connectivity index (χ4v) is 3.63. The lowest BCUT2D eigenvalue weighted by atomic mass is 10.1. The molecule has 1 amide bonds. The summed E-state index contributed by atoms with van der Waals surface area (Å²) in [6.45, 7) is 4.15. The first-order chi connectivity index (χ1) is 13.9. The zero-order valence-corrected chi connectivity index (χ0v) is 18.1. The van der Waals surface area contributed by atoms with Crippen LogP contribution in [0.4, 0.5) is 0 Å². The van der Waals surface area contributed by atoms with Crippen LogP contribution in [0.5, 0.6) is 17.2 Å². The van der Waals surface area contributed by atoms with Gasteiger partial charge in [0.2, 0.25) is 6.79 Å². The molecule has 1 aliphatic rings. The van der Waals surface area contributed by atoms with Crippen molar-refractivity contribution < 1.29 is 19.0 Å². The van der Waals surface area contributed by atoms with Crippen LogP contribution < -0.4 is 19.5 Å². The first kappa shape index (κ1) is 21.0. The van der Waals surface area contributed by atoms with Crippen molar-refractivity contribution >= 4 is 39.5 Å². The molecule has 0 fully saturated rings. The van der Waals surface area contributed by atoms with Gasteiger partial charge < -0.3 is 19.5 Å². The zero-order valence-electron chi connectivity index (χ0n) is 15.8. The van der Waals surface area contributed by atoms with E-state index in [-0.39, 0.29) is 25.0 Å². The van der Waals surface area contributed by atoms with Gasteiger partial charge in [-0.3, -0.25) is 4.79 Å². The molecule has 0 spiro atoms.